The van der Waals surface area contributed by atoms with Gasteiger partial charge < -0.3 is 15.7 Å². The lowest BCUT2D eigenvalue weighted by Gasteiger charge is -2.14. The van der Waals surface area contributed by atoms with Crippen LogP contribution in [0.2, 0.25) is 0 Å². The SMILES string of the molecule is CC(C)(O)C#Cc1csc2c(N[C@@H]3CCNC3)nc(-c3ccncc3F)nc12. The maximum absolute atomic E-state index is 14.3. The highest BCUT2D eigenvalue weighted by Crippen LogP contribution is 2.33. The Kier molecular flexibility index (Phi) is 4.98. The van der Waals surface area contributed by atoms with Crippen LogP contribution in [0.5, 0.6) is 0 Å². The molecule has 6 nitrogen and oxygen atoms in total. The van der Waals surface area contributed by atoms with E-state index in [-0.39, 0.29) is 17.4 Å². The van der Waals surface area contributed by atoms with Crippen LogP contribution in [-0.2, 0) is 0 Å². The van der Waals surface area contributed by atoms with Crippen LogP contribution in [-0.4, -0.2) is 44.8 Å². The van der Waals surface area contributed by atoms with Gasteiger partial charge in [-0.3, -0.25) is 4.98 Å². The molecule has 3 N–H and O–H groups in total. The lowest BCUT2D eigenvalue weighted by molar-refractivity contribution is 0.143. The van der Waals surface area contributed by atoms with Gasteiger partial charge >= 0.3 is 0 Å². The van der Waals surface area contributed by atoms with Crippen LogP contribution in [0.4, 0.5) is 10.2 Å². The summed E-state index contributed by atoms with van der Waals surface area (Å²) in [6.45, 7) is 5.05. The first-order chi connectivity index (χ1) is 13.4. The average Bonchev–Trinajstić information content (AvgIpc) is 3.29. The number of pyridine rings is 1. The number of halogens is 1. The molecule has 1 aliphatic heterocycles. The van der Waals surface area contributed by atoms with Crippen LogP contribution in [0.15, 0.2) is 23.8 Å². The Bertz CT molecular complexity index is 1070. The number of anilines is 1. The van der Waals surface area contributed by atoms with E-state index in [0.717, 1.165) is 30.4 Å². The number of aromatic nitrogens is 3. The molecule has 4 heterocycles. The Hall–Kier alpha value is -2.60. The van der Waals surface area contributed by atoms with E-state index in [4.69, 9.17) is 0 Å². The van der Waals surface area contributed by atoms with E-state index in [1.807, 2.05) is 5.38 Å². The first-order valence-corrected chi connectivity index (χ1v) is 9.90. The van der Waals surface area contributed by atoms with Crippen molar-refractivity contribution in [1.82, 2.24) is 20.3 Å². The predicted molar refractivity (Wildman–Crippen MR) is 109 cm³/mol. The monoisotopic (exact) mass is 397 g/mol. The average molecular weight is 397 g/mol. The maximum Gasteiger partial charge on any atom is 0.165 e. The van der Waals surface area contributed by atoms with Crippen LogP contribution in [0, 0.1) is 17.7 Å². The zero-order chi connectivity index (χ0) is 19.7. The van der Waals surface area contributed by atoms with Gasteiger partial charge in [0.2, 0.25) is 0 Å². The minimum Gasteiger partial charge on any atom is -0.378 e. The molecule has 8 heteroatoms. The molecule has 1 aliphatic rings. The number of hydrogen-bond donors (Lipinski definition) is 3. The molecule has 1 saturated heterocycles. The minimum absolute atomic E-state index is 0.251. The van der Waals surface area contributed by atoms with Crippen molar-refractivity contribution < 1.29 is 9.50 Å². The molecule has 3 aromatic rings. The molecule has 0 unspecified atom stereocenters. The van der Waals surface area contributed by atoms with Crippen molar-refractivity contribution in [2.24, 2.45) is 0 Å². The summed E-state index contributed by atoms with van der Waals surface area (Å²) in [7, 11) is 0. The van der Waals surface area contributed by atoms with E-state index in [1.54, 1.807) is 19.9 Å². The molecular weight excluding hydrogens is 377 g/mol. The smallest absolute Gasteiger partial charge is 0.165 e. The Balaban J connectivity index is 1.87. The van der Waals surface area contributed by atoms with Crippen molar-refractivity contribution in [2.75, 3.05) is 18.4 Å². The Labute approximate surface area is 166 Å². The highest BCUT2D eigenvalue weighted by Gasteiger charge is 2.20. The summed E-state index contributed by atoms with van der Waals surface area (Å²) in [5, 5.41) is 18.6. The van der Waals surface area contributed by atoms with E-state index in [0.29, 0.717) is 16.9 Å². The summed E-state index contributed by atoms with van der Waals surface area (Å²) < 4.78 is 15.2. The largest absolute Gasteiger partial charge is 0.378 e. The molecule has 4 rings (SSSR count). The zero-order valence-corrected chi connectivity index (χ0v) is 16.4. The lowest BCUT2D eigenvalue weighted by atomic mass is 10.1. The Morgan fingerprint density at radius 3 is 2.96 bits per heavy atom. The third kappa shape index (κ3) is 3.97. The van der Waals surface area contributed by atoms with Gasteiger partial charge in [-0.05, 0) is 32.9 Å². The van der Waals surface area contributed by atoms with Gasteiger partial charge in [0.05, 0.1) is 22.0 Å². The number of aliphatic hydroxyl groups is 1. The van der Waals surface area contributed by atoms with Crippen LogP contribution in [0.3, 0.4) is 0 Å². The molecule has 0 aromatic carbocycles. The number of fused-ring (bicyclic) bond motifs is 1. The van der Waals surface area contributed by atoms with Crippen molar-refractivity contribution in [3.8, 4) is 23.2 Å². The summed E-state index contributed by atoms with van der Waals surface area (Å²) in [6, 6.07) is 1.81. The van der Waals surface area contributed by atoms with Crippen molar-refractivity contribution in [2.45, 2.75) is 31.9 Å². The molecule has 0 spiro atoms. The van der Waals surface area contributed by atoms with Crippen molar-refractivity contribution >= 4 is 27.4 Å². The second kappa shape index (κ2) is 7.43. The van der Waals surface area contributed by atoms with Gasteiger partial charge in [0.25, 0.3) is 0 Å². The van der Waals surface area contributed by atoms with Crippen molar-refractivity contribution in [3.05, 3.63) is 35.2 Å². The molecule has 0 amide bonds. The van der Waals surface area contributed by atoms with Crippen molar-refractivity contribution in [3.63, 3.8) is 0 Å². The molecule has 0 aliphatic carbocycles. The topological polar surface area (TPSA) is 83.0 Å². The third-order valence-electron chi connectivity index (χ3n) is 4.33. The molecular formula is C20H20FN5OS. The quantitative estimate of drug-likeness (QED) is 0.590. The molecule has 0 bridgehead atoms. The number of nitrogens with zero attached hydrogens (tertiary/aromatic N) is 3. The fraction of sp³-hybridized carbons (Fsp3) is 0.350. The van der Waals surface area contributed by atoms with Gasteiger partial charge in [0, 0.05) is 24.2 Å². The Morgan fingerprint density at radius 1 is 1.39 bits per heavy atom. The molecule has 1 atom stereocenters. The molecule has 0 saturated carbocycles. The van der Waals surface area contributed by atoms with Crippen LogP contribution < -0.4 is 10.6 Å². The fourth-order valence-electron chi connectivity index (χ4n) is 2.97. The number of rotatable bonds is 3. The second-order valence-corrected chi connectivity index (χ2v) is 8.10. The normalized spacial score (nSPS) is 16.8. The highest BCUT2D eigenvalue weighted by atomic mass is 32.1. The van der Waals surface area contributed by atoms with Gasteiger partial charge in [-0.1, -0.05) is 11.8 Å². The third-order valence-corrected chi connectivity index (χ3v) is 5.31. The van der Waals surface area contributed by atoms with Crippen LogP contribution in [0.1, 0.15) is 25.8 Å². The van der Waals surface area contributed by atoms with Crippen LogP contribution in [0.25, 0.3) is 21.6 Å². The van der Waals surface area contributed by atoms with E-state index in [9.17, 15) is 9.50 Å². The van der Waals surface area contributed by atoms with Gasteiger partial charge in [0.1, 0.15) is 16.9 Å². The van der Waals surface area contributed by atoms with Gasteiger partial charge in [-0.2, -0.15) is 0 Å². The molecule has 28 heavy (non-hydrogen) atoms. The first kappa shape index (κ1) is 18.7. The van der Waals surface area contributed by atoms with Crippen molar-refractivity contribution in [1.29, 1.82) is 0 Å². The predicted octanol–water partition coefficient (Wildman–Crippen LogP) is 2.79. The maximum atomic E-state index is 14.3. The first-order valence-electron chi connectivity index (χ1n) is 9.02. The van der Waals surface area contributed by atoms with Crippen LogP contribution >= 0.6 is 11.3 Å². The molecule has 1 fully saturated rings. The highest BCUT2D eigenvalue weighted by molar-refractivity contribution is 7.18. The van der Waals surface area contributed by atoms with E-state index >= 15 is 0 Å². The summed E-state index contributed by atoms with van der Waals surface area (Å²) in [4.78, 5) is 13.0. The summed E-state index contributed by atoms with van der Waals surface area (Å²) in [5.74, 6) is 6.29. The van der Waals surface area contributed by atoms with E-state index < -0.39 is 11.4 Å². The standard InChI is InChI=1S/C20H20FN5OS/c1-20(2,27)6-3-12-11-28-17-16(12)25-18(14-5-8-23-10-15(14)21)26-19(17)24-13-4-7-22-9-13/h5,8,10-11,13,22,27H,4,7,9H2,1-2H3,(H,24,25,26)/t13-/m1/s1. The number of thiophene rings is 1. The van der Waals surface area contributed by atoms with Gasteiger partial charge in [0.15, 0.2) is 11.6 Å². The van der Waals surface area contributed by atoms with Gasteiger partial charge in [-0.15, -0.1) is 11.3 Å². The summed E-state index contributed by atoms with van der Waals surface area (Å²) >= 11 is 1.48. The number of hydrogen-bond acceptors (Lipinski definition) is 7. The molecule has 3 aromatic heterocycles. The van der Waals surface area contributed by atoms with E-state index in [2.05, 4.69) is 37.4 Å². The second-order valence-electron chi connectivity index (χ2n) is 7.22. The zero-order valence-electron chi connectivity index (χ0n) is 15.6. The van der Waals surface area contributed by atoms with E-state index in [1.165, 1.54) is 17.5 Å². The Morgan fingerprint density at radius 2 is 2.25 bits per heavy atom. The molecule has 0 radical (unpaired) electrons. The summed E-state index contributed by atoms with van der Waals surface area (Å²) in [5.41, 5.74) is 0.513. The number of nitrogens with one attached hydrogen (secondary N) is 2. The lowest BCUT2D eigenvalue weighted by Crippen LogP contribution is -2.23. The summed E-state index contributed by atoms with van der Waals surface area (Å²) in [6.07, 6.45) is 3.66. The molecule has 144 valence electrons. The minimum atomic E-state index is -1.11. The van der Waals surface area contributed by atoms with Gasteiger partial charge in [-0.25, -0.2) is 14.4 Å². The fourth-order valence-corrected chi connectivity index (χ4v) is 3.86.